The van der Waals surface area contributed by atoms with Crippen molar-refractivity contribution < 1.29 is 4.52 Å². The second-order valence-corrected chi connectivity index (χ2v) is 7.17. The lowest BCUT2D eigenvalue weighted by Gasteiger charge is -2.32. The van der Waals surface area contributed by atoms with Gasteiger partial charge in [0, 0.05) is 5.92 Å². The molecular weight excluding hydrogens is 238 g/mol. The summed E-state index contributed by atoms with van der Waals surface area (Å²) in [5.41, 5.74) is 6.56. The van der Waals surface area contributed by atoms with Crippen molar-refractivity contribution in [3.63, 3.8) is 0 Å². The number of hydrogen-bond acceptors (Lipinski definition) is 4. The number of hydrogen-bond donors (Lipinski definition) is 1. The van der Waals surface area contributed by atoms with Crippen molar-refractivity contribution in [1.82, 2.24) is 10.1 Å². The molecule has 1 aliphatic rings. The molecule has 0 spiro atoms. The first-order valence-corrected chi connectivity index (χ1v) is 7.46. The van der Waals surface area contributed by atoms with Crippen LogP contribution in [0.25, 0.3) is 0 Å². The predicted molar refractivity (Wildman–Crippen MR) is 75.7 cm³/mol. The van der Waals surface area contributed by atoms with Gasteiger partial charge in [0.05, 0.1) is 6.04 Å². The van der Waals surface area contributed by atoms with E-state index in [2.05, 4.69) is 37.8 Å². The second kappa shape index (κ2) is 5.61. The van der Waals surface area contributed by atoms with Crippen molar-refractivity contribution >= 4 is 0 Å². The normalized spacial score (nSPS) is 21.8. The van der Waals surface area contributed by atoms with E-state index in [4.69, 9.17) is 10.3 Å². The summed E-state index contributed by atoms with van der Waals surface area (Å²) in [6, 6.07) is -0.124. The van der Waals surface area contributed by atoms with E-state index in [1.165, 1.54) is 12.8 Å². The highest BCUT2D eigenvalue weighted by atomic mass is 16.5. The predicted octanol–water partition coefficient (Wildman–Crippen LogP) is 3.80. The molecule has 4 nitrogen and oxygen atoms in total. The van der Waals surface area contributed by atoms with E-state index in [9.17, 15) is 0 Å². The highest BCUT2D eigenvalue weighted by Gasteiger charge is 2.30. The lowest BCUT2D eigenvalue weighted by molar-refractivity contribution is 0.218. The number of nitrogens with zero attached hydrogens (tertiary/aromatic N) is 2. The van der Waals surface area contributed by atoms with Crippen molar-refractivity contribution in [2.45, 2.75) is 71.8 Å². The Bertz CT molecular complexity index is 401. The van der Waals surface area contributed by atoms with Gasteiger partial charge in [0.1, 0.15) is 0 Å². The Kier molecular flexibility index (Phi) is 4.29. The van der Waals surface area contributed by atoms with Crippen LogP contribution in [0.1, 0.15) is 83.5 Å². The molecule has 2 N–H and O–H groups in total. The molecule has 19 heavy (non-hydrogen) atoms. The van der Waals surface area contributed by atoms with Gasteiger partial charge in [-0.15, -0.1) is 0 Å². The lowest BCUT2D eigenvalue weighted by atomic mass is 9.73. The fraction of sp³-hybridized carbons (Fsp3) is 0.867. The van der Waals surface area contributed by atoms with Gasteiger partial charge in [-0.2, -0.15) is 4.98 Å². The highest BCUT2D eigenvalue weighted by Crippen LogP contribution is 2.41. The SMILES string of the molecule is CC(C)C[C@H](N)c1nc(C2CCC(C)(C)CC2)no1. The fourth-order valence-corrected chi connectivity index (χ4v) is 2.83. The van der Waals surface area contributed by atoms with E-state index in [-0.39, 0.29) is 6.04 Å². The monoisotopic (exact) mass is 265 g/mol. The minimum Gasteiger partial charge on any atom is -0.338 e. The molecule has 108 valence electrons. The van der Waals surface area contributed by atoms with Gasteiger partial charge in [0.25, 0.3) is 0 Å². The number of aromatic nitrogens is 2. The largest absolute Gasteiger partial charge is 0.338 e. The van der Waals surface area contributed by atoms with Crippen LogP contribution in [-0.2, 0) is 0 Å². The first-order valence-electron chi connectivity index (χ1n) is 7.46. The fourth-order valence-electron chi connectivity index (χ4n) is 2.83. The van der Waals surface area contributed by atoms with Crippen LogP contribution in [0.15, 0.2) is 4.52 Å². The van der Waals surface area contributed by atoms with Crippen LogP contribution in [0, 0.1) is 11.3 Å². The van der Waals surface area contributed by atoms with Crippen LogP contribution < -0.4 is 5.73 Å². The zero-order valence-corrected chi connectivity index (χ0v) is 12.6. The molecule has 0 unspecified atom stereocenters. The third kappa shape index (κ3) is 3.78. The van der Waals surface area contributed by atoms with Crippen molar-refractivity contribution in [3.8, 4) is 0 Å². The molecule has 0 amide bonds. The van der Waals surface area contributed by atoms with E-state index in [0.717, 1.165) is 25.1 Å². The van der Waals surface area contributed by atoms with Crippen LogP contribution in [0.2, 0.25) is 0 Å². The van der Waals surface area contributed by atoms with Crippen LogP contribution in [0.5, 0.6) is 0 Å². The van der Waals surface area contributed by atoms with Gasteiger partial charge in [-0.05, 0) is 43.4 Å². The maximum absolute atomic E-state index is 6.09. The first-order chi connectivity index (χ1) is 8.87. The summed E-state index contributed by atoms with van der Waals surface area (Å²) in [4.78, 5) is 4.53. The molecule has 1 aromatic heterocycles. The summed E-state index contributed by atoms with van der Waals surface area (Å²) < 4.78 is 5.35. The molecule has 1 fully saturated rings. The molecular formula is C15H27N3O. The van der Waals surface area contributed by atoms with Gasteiger partial charge < -0.3 is 10.3 Å². The third-order valence-electron chi connectivity index (χ3n) is 4.20. The van der Waals surface area contributed by atoms with Crippen LogP contribution >= 0.6 is 0 Å². The van der Waals surface area contributed by atoms with Crippen molar-refractivity contribution in [2.75, 3.05) is 0 Å². The minimum absolute atomic E-state index is 0.124. The molecule has 1 saturated carbocycles. The summed E-state index contributed by atoms with van der Waals surface area (Å²) in [6.45, 7) is 8.98. The summed E-state index contributed by atoms with van der Waals surface area (Å²) in [7, 11) is 0. The van der Waals surface area contributed by atoms with Crippen molar-refractivity contribution in [3.05, 3.63) is 11.7 Å². The third-order valence-corrected chi connectivity index (χ3v) is 4.20. The van der Waals surface area contributed by atoms with Gasteiger partial charge in [0.2, 0.25) is 5.89 Å². The van der Waals surface area contributed by atoms with Gasteiger partial charge in [0.15, 0.2) is 5.82 Å². The summed E-state index contributed by atoms with van der Waals surface area (Å²) in [6.07, 6.45) is 5.68. The number of nitrogens with two attached hydrogens (primary N) is 1. The topological polar surface area (TPSA) is 64.9 Å². The molecule has 4 heteroatoms. The summed E-state index contributed by atoms with van der Waals surface area (Å²) in [5, 5.41) is 4.15. The van der Waals surface area contributed by atoms with E-state index < -0.39 is 0 Å². The second-order valence-electron chi connectivity index (χ2n) is 7.17. The van der Waals surface area contributed by atoms with Crippen molar-refractivity contribution in [1.29, 1.82) is 0 Å². The molecule has 0 aromatic carbocycles. The average Bonchev–Trinajstić information content (AvgIpc) is 2.77. The molecule has 0 saturated heterocycles. The van der Waals surface area contributed by atoms with Gasteiger partial charge in [-0.3, -0.25) is 0 Å². The van der Waals surface area contributed by atoms with Gasteiger partial charge in [-0.25, -0.2) is 0 Å². The maximum atomic E-state index is 6.09. The molecule has 0 aliphatic heterocycles. The maximum Gasteiger partial charge on any atom is 0.243 e. The van der Waals surface area contributed by atoms with Crippen LogP contribution in [0.3, 0.4) is 0 Å². The van der Waals surface area contributed by atoms with Crippen LogP contribution in [-0.4, -0.2) is 10.1 Å². The van der Waals surface area contributed by atoms with E-state index in [1.807, 2.05) is 0 Å². The highest BCUT2D eigenvalue weighted by molar-refractivity contribution is 5.00. The standard InChI is InChI=1S/C15H27N3O/c1-10(2)9-12(16)14-17-13(18-19-14)11-5-7-15(3,4)8-6-11/h10-12H,5-9,16H2,1-4H3/t12-/m0/s1. The quantitative estimate of drug-likeness (QED) is 0.899. The van der Waals surface area contributed by atoms with E-state index in [0.29, 0.717) is 23.1 Å². The molecule has 0 bridgehead atoms. The van der Waals surface area contributed by atoms with Crippen LogP contribution in [0.4, 0.5) is 0 Å². The van der Waals surface area contributed by atoms with E-state index in [1.54, 1.807) is 0 Å². The zero-order valence-electron chi connectivity index (χ0n) is 12.6. The molecule has 1 aliphatic carbocycles. The summed E-state index contributed by atoms with van der Waals surface area (Å²) >= 11 is 0. The lowest BCUT2D eigenvalue weighted by Crippen LogP contribution is -2.21. The molecule has 1 atom stereocenters. The molecule has 1 heterocycles. The average molecular weight is 265 g/mol. The van der Waals surface area contributed by atoms with Crippen molar-refractivity contribution in [2.24, 2.45) is 17.1 Å². The smallest absolute Gasteiger partial charge is 0.243 e. The number of rotatable bonds is 4. The molecule has 1 aromatic rings. The van der Waals surface area contributed by atoms with Gasteiger partial charge >= 0.3 is 0 Å². The Morgan fingerprint density at radius 1 is 1.32 bits per heavy atom. The van der Waals surface area contributed by atoms with E-state index >= 15 is 0 Å². The summed E-state index contributed by atoms with van der Waals surface area (Å²) in [5.74, 6) is 2.47. The van der Waals surface area contributed by atoms with Gasteiger partial charge in [-0.1, -0.05) is 32.9 Å². The molecule has 2 rings (SSSR count). The molecule has 0 radical (unpaired) electrons. The Morgan fingerprint density at radius 2 is 1.95 bits per heavy atom. The zero-order chi connectivity index (χ0) is 14.0. The minimum atomic E-state index is -0.124. The first kappa shape index (κ1) is 14.5. The Balaban J connectivity index is 1.98. The Morgan fingerprint density at radius 3 is 2.53 bits per heavy atom. The Hall–Kier alpha value is -0.900. The Labute approximate surface area is 116 Å².